The van der Waals surface area contributed by atoms with Gasteiger partial charge in [-0.1, -0.05) is 79.2 Å². The smallest absolute Gasteiger partial charge is 0.0394 e. The first-order chi connectivity index (χ1) is 11.9. The zero-order valence-electron chi connectivity index (χ0n) is 14.2. The van der Waals surface area contributed by atoms with Crippen molar-refractivity contribution in [2.24, 2.45) is 0 Å². The van der Waals surface area contributed by atoms with Gasteiger partial charge in [0.25, 0.3) is 0 Å². The lowest BCUT2D eigenvalue weighted by molar-refractivity contribution is 0.163. The largest absolute Gasteiger partial charge is 0.296 e. The van der Waals surface area contributed by atoms with Crippen molar-refractivity contribution in [1.82, 2.24) is 4.90 Å². The van der Waals surface area contributed by atoms with Crippen molar-refractivity contribution in [2.45, 2.75) is 31.7 Å². The Morgan fingerprint density at radius 3 is 2.25 bits per heavy atom. The van der Waals surface area contributed by atoms with Crippen LogP contribution in [0, 0.1) is 0 Å². The Kier molecular flexibility index (Phi) is 4.62. The summed E-state index contributed by atoms with van der Waals surface area (Å²) in [5.74, 6) is 0. The van der Waals surface area contributed by atoms with Crippen LogP contribution in [0.5, 0.6) is 0 Å². The van der Waals surface area contributed by atoms with Crippen LogP contribution in [0.15, 0.2) is 72.8 Å². The summed E-state index contributed by atoms with van der Waals surface area (Å²) in [5, 5.41) is 2.76. The molecule has 0 aliphatic carbocycles. The zero-order chi connectivity index (χ0) is 16.2. The standard InChI is InChI=1S/C23H25N/c1-3-10-19(11-4-1)18-23(24-16-7-2-8-17-24)22-15-9-13-20-12-5-6-14-21(20)22/h1,3-6,9-15,23H,2,7-8,16-18H2. The van der Waals surface area contributed by atoms with Crippen molar-refractivity contribution >= 4 is 10.8 Å². The average Bonchev–Trinajstić information content (AvgIpc) is 2.67. The highest BCUT2D eigenvalue weighted by atomic mass is 15.2. The Bertz CT molecular complexity index is 782. The summed E-state index contributed by atoms with van der Waals surface area (Å²) in [7, 11) is 0. The van der Waals surface area contributed by atoms with E-state index in [4.69, 9.17) is 0 Å². The fourth-order valence-electron chi connectivity index (χ4n) is 4.04. The SMILES string of the molecule is c1ccc(CC(c2cccc3ccccc23)N2CCCCC2)cc1. The van der Waals surface area contributed by atoms with Gasteiger partial charge in [0, 0.05) is 6.04 Å². The molecule has 1 saturated heterocycles. The molecule has 1 nitrogen and oxygen atoms in total. The molecule has 1 fully saturated rings. The van der Waals surface area contributed by atoms with Crippen LogP contribution in [0.25, 0.3) is 10.8 Å². The molecule has 4 rings (SSSR count). The van der Waals surface area contributed by atoms with Crippen molar-refractivity contribution in [3.8, 4) is 0 Å². The third-order valence-corrected chi connectivity index (χ3v) is 5.29. The van der Waals surface area contributed by atoms with Crippen LogP contribution in [0.4, 0.5) is 0 Å². The van der Waals surface area contributed by atoms with Gasteiger partial charge in [0.1, 0.15) is 0 Å². The highest BCUT2D eigenvalue weighted by Crippen LogP contribution is 2.32. The van der Waals surface area contributed by atoms with Gasteiger partial charge in [-0.3, -0.25) is 4.90 Å². The predicted octanol–water partition coefficient (Wildman–Crippen LogP) is 5.61. The molecule has 0 aromatic heterocycles. The van der Waals surface area contributed by atoms with Crippen LogP contribution in [0.1, 0.15) is 36.4 Å². The molecule has 0 saturated carbocycles. The van der Waals surface area contributed by atoms with Crippen molar-refractivity contribution < 1.29 is 0 Å². The molecule has 1 aliphatic heterocycles. The summed E-state index contributed by atoms with van der Waals surface area (Å²) < 4.78 is 0. The second kappa shape index (κ2) is 7.19. The number of piperidine rings is 1. The van der Waals surface area contributed by atoms with Crippen molar-refractivity contribution in [1.29, 1.82) is 0 Å². The molecular formula is C23H25N. The van der Waals surface area contributed by atoms with Crippen molar-refractivity contribution in [3.05, 3.63) is 83.9 Å². The third kappa shape index (κ3) is 3.22. The van der Waals surface area contributed by atoms with Crippen molar-refractivity contribution in [3.63, 3.8) is 0 Å². The number of likely N-dealkylation sites (tertiary alicyclic amines) is 1. The number of benzene rings is 3. The fourth-order valence-corrected chi connectivity index (χ4v) is 4.04. The Hall–Kier alpha value is -2.12. The molecule has 1 heterocycles. The van der Waals surface area contributed by atoms with Gasteiger partial charge in [-0.2, -0.15) is 0 Å². The van der Waals surface area contributed by atoms with Gasteiger partial charge >= 0.3 is 0 Å². The lowest BCUT2D eigenvalue weighted by Crippen LogP contribution is -2.35. The van der Waals surface area contributed by atoms with Crippen LogP contribution < -0.4 is 0 Å². The van der Waals surface area contributed by atoms with Gasteiger partial charge in [-0.15, -0.1) is 0 Å². The molecule has 122 valence electrons. The lowest BCUT2D eigenvalue weighted by Gasteiger charge is -2.35. The minimum absolute atomic E-state index is 0.471. The Morgan fingerprint density at radius 1 is 0.708 bits per heavy atom. The summed E-state index contributed by atoms with van der Waals surface area (Å²) in [4.78, 5) is 2.71. The first-order valence-corrected chi connectivity index (χ1v) is 9.17. The monoisotopic (exact) mass is 315 g/mol. The summed E-state index contributed by atoms with van der Waals surface area (Å²) in [6.07, 6.45) is 5.13. The topological polar surface area (TPSA) is 3.24 Å². The maximum atomic E-state index is 2.71. The Labute approximate surface area is 144 Å². The molecule has 1 heteroatoms. The van der Waals surface area contributed by atoms with Crippen LogP contribution in [-0.4, -0.2) is 18.0 Å². The van der Waals surface area contributed by atoms with Gasteiger partial charge in [-0.25, -0.2) is 0 Å². The van der Waals surface area contributed by atoms with Gasteiger partial charge in [0.2, 0.25) is 0 Å². The third-order valence-electron chi connectivity index (χ3n) is 5.29. The van der Waals surface area contributed by atoms with E-state index in [1.165, 1.54) is 54.3 Å². The van der Waals surface area contributed by atoms with Crippen LogP contribution in [0.2, 0.25) is 0 Å². The molecule has 1 atom stereocenters. The van der Waals surface area contributed by atoms with E-state index in [2.05, 4.69) is 77.7 Å². The highest BCUT2D eigenvalue weighted by Gasteiger charge is 2.23. The number of fused-ring (bicyclic) bond motifs is 1. The van der Waals surface area contributed by atoms with Crippen LogP contribution in [-0.2, 0) is 6.42 Å². The van der Waals surface area contributed by atoms with Gasteiger partial charge in [0.15, 0.2) is 0 Å². The minimum atomic E-state index is 0.471. The summed E-state index contributed by atoms with van der Waals surface area (Å²) in [6, 6.07) is 27.0. The molecule has 24 heavy (non-hydrogen) atoms. The second-order valence-corrected chi connectivity index (χ2v) is 6.87. The van der Waals surface area contributed by atoms with E-state index < -0.39 is 0 Å². The maximum Gasteiger partial charge on any atom is 0.0394 e. The van der Waals surface area contributed by atoms with E-state index in [0.29, 0.717) is 6.04 Å². The fraction of sp³-hybridized carbons (Fsp3) is 0.304. The number of nitrogens with zero attached hydrogens (tertiary/aromatic N) is 1. The molecule has 0 spiro atoms. The lowest BCUT2D eigenvalue weighted by atomic mass is 9.91. The summed E-state index contributed by atoms with van der Waals surface area (Å²) in [6.45, 7) is 2.45. The van der Waals surface area contributed by atoms with E-state index in [-0.39, 0.29) is 0 Å². The first-order valence-electron chi connectivity index (χ1n) is 9.17. The van der Waals surface area contributed by atoms with Crippen molar-refractivity contribution in [2.75, 3.05) is 13.1 Å². The Balaban J connectivity index is 1.76. The number of hydrogen-bond donors (Lipinski definition) is 0. The number of hydrogen-bond acceptors (Lipinski definition) is 1. The number of rotatable bonds is 4. The average molecular weight is 315 g/mol. The molecule has 0 radical (unpaired) electrons. The maximum absolute atomic E-state index is 2.71. The van der Waals surface area contributed by atoms with E-state index in [1.54, 1.807) is 0 Å². The quantitative estimate of drug-likeness (QED) is 0.605. The Morgan fingerprint density at radius 2 is 1.42 bits per heavy atom. The van der Waals surface area contributed by atoms with E-state index in [9.17, 15) is 0 Å². The minimum Gasteiger partial charge on any atom is -0.296 e. The highest BCUT2D eigenvalue weighted by molar-refractivity contribution is 5.86. The predicted molar refractivity (Wildman–Crippen MR) is 102 cm³/mol. The first kappa shape index (κ1) is 15.4. The molecule has 0 amide bonds. The molecule has 0 bridgehead atoms. The van der Waals surface area contributed by atoms with Gasteiger partial charge in [0.05, 0.1) is 0 Å². The molecule has 1 aliphatic rings. The molecular weight excluding hydrogens is 290 g/mol. The van der Waals surface area contributed by atoms with Crippen LogP contribution in [0.3, 0.4) is 0 Å². The zero-order valence-corrected chi connectivity index (χ0v) is 14.2. The van der Waals surface area contributed by atoms with E-state index in [0.717, 1.165) is 6.42 Å². The summed E-state index contributed by atoms with van der Waals surface area (Å²) >= 11 is 0. The second-order valence-electron chi connectivity index (χ2n) is 6.87. The van der Waals surface area contributed by atoms with E-state index in [1.807, 2.05) is 0 Å². The normalized spacial score (nSPS) is 17.0. The molecule has 3 aromatic rings. The molecule has 0 N–H and O–H groups in total. The van der Waals surface area contributed by atoms with Crippen LogP contribution >= 0.6 is 0 Å². The van der Waals surface area contributed by atoms with Gasteiger partial charge in [-0.05, 0) is 54.3 Å². The summed E-state index contributed by atoms with van der Waals surface area (Å²) in [5.41, 5.74) is 2.92. The molecule has 3 aromatic carbocycles. The van der Waals surface area contributed by atoms with E-state index >= 15 is 0 Å². The molecule has 1 unspecified atom stereocenters. The van der Waals surface area contributed by atoms with Gasteiger partial charge < -0.3 is 0 Å².